The Morgan fingerprint density at radius 3 is 2.31 bits per heavy atom. The fourth-order valence-electron chi connectivity index (χ4n) is 2.81. The van der Waals surface area contributed by atoms with Crippen LogP contribution in [0.25, 0.3) is 5.70 Å². The number of hydrogen-bond donors (Lipinski definition) is 2. The van der Waals surface area contributed by atoms with Crippen LogP contribution in [0.2, 0.25) is 0 Å². The Bertz CT molecular complexity index is 852. The number of hydrogen-bond acceptors (Lipinski definition) is 3. The summed E-state index contributed by atoms with van der Waals surface area (Å²) >= 11 is 0. The summed E-state index contributed by atoms with van der Waals surface area (Å²) in [5, 5.41) is 5.48. The molecule has 6 nitrogen and oxygen atoms in total. The predicted octanol–water partition coefficient (Wildman–Crippen LogP) is 2.39. The quantitative estimate of drug-likeness (QED) is 0.870. The molecule has 0 fully saturated rings. The average molecular weight is 349 g/mol. The van der Waals surface area contributed by atoms with Gasteiger partial charge in [0.2, 0.25) is 11.8 Å². The summed E-state index contributed by atoms with van der Waals surface area (Å²) in [6, 6.07) is 14.4. The Hall–Kier alpha value is -3.41. The summed E-state index contributed by atoms with van der Waals surface area (Å²) in [5.41, 5.74) is 3.46. The van der Waals surface area contributed by atoms with Gasteiger partial charge in [-0.05, 0) is 23.8 Å². The minimum atomic E-state index is -0.266. The monoisotopic (exact) mass is 349 g/mol. The molecule has 2 N–H and O–H groups in total. The first-order chi connectivity index (χ1) is 12.5. The smallest absolute Gasteiger partial charge is 0.259 e. The number of rotatable bonds is 5. The third kappa shape index (κ3) is 3.64. The lowest BCUT2D eigenvalue weighted by Gasteiger charge is -2.17. The van der Waals surface area contributed by atoms with E-state index >= 15 is 0 Å². The molecule has 1 aliphatic heterocycles. The average Bonchev–Trinajstić information content (AvgIpc) is 2.86. The number of nitrogens with zero attached hydrogens (tertiary/aromatic N) is 1. The van der Waals surface area contributed by atoms with Gasteiger partial charge in [0.1, 0.15) is 6.54 Å². The highest BCUT2D eigenvalue weighted by Gasteiger charge is 2.31. The fourth-order valence-corrected chi connectivity index (χ4v) is 2.81. The molecule has 0 bridgehead atoms. The van der Waals surface area contributed by atoms with Crippen LogP contribution in [0, 0.1) is 0 Å². The molecule has 0 spiro atoms. The molecule has 0 saturated carbocycles. The van der Waals surface area contributed by atoms with E-state index in [0.717, 1.165) is 11.1 Å². The Labute approximate surface area is 151 Å². The first-order valence-corrected chi connectivity index (χ1v) is 8.19. The summed E-state index contributed by atoms with van der Waals surface area (Å²) in [4.78, 5) is 37.0. The van der Waals surface area contributed by atoms with Crippen LogP contribution in [0.4, 0.5) is 5.69 Å². The lowest BCUT2D eigenvalue weighted by Crippen LogP contribution is -2.36. The number of carbonyl (C=O) groups is 3. The molecule has 3 rings (SSSR count). The third-order valence-corrected chi connectivity index (χ3v) is 4.11. The number of benzene rings is 2. The van der Waals surface area contributed by atoms with E-state index in [1.807, 2.05) is 24.3 Å². The zero-order chi connectivity index (χ0) is 18.7. The van der Waals surface area contributed by atoms with Crippen molar-refractivity contribution in [2.45, 2.75) is 13.5 Å². The Balaban J connectivity index is 1.56. The fraction of sp³-hybridized carbons (Fsp3) is 0.150. The lowest BCUT2D eigenvalue weighted by atomic mass is 10.1. The van der Waals surface area contributed by atoms with Crippen molar-refractivity contribution in [1.82, 2.24) is 10.2 Å². The van der Waals surface area contributed by atoms with Crippen molar-refractivity contribution in [3.05, 3.63) is 71.8 Å². The van der Waals surface area contributed by atoms with Gasteiger partial charge in [0, 0.05) is 36.0 Å². The normalized spacial score (nSPS) is 12.7. The molecule has 3 amide bonds. The first-order valence-electron chi connectivity index (χ1n) is 8.19. The van der Waals surface area contributed by atoms with E-state index in [0.29, 0.717) is 23.5 Å². The van der Waals surface area contributed by atoms with Crippen molar-refractivity contribution >= 4 is 29.1 Å². The molecule has 1 heterocycles. The second kappa shape index (κ2) is 7.23. The minimum Gasteiger partial charge on any atom is -0.350 e. The van der Waals surface area contributed by atoms with E-state index in [9.17, 15) is 14.4 Å². The van der Waals surface area contributed by atoms with Gasteiger partial charge in [-0.2, -0.15) is 0 Å². The zero-order valence-electron chi connectivity index (χ0n) is 14.4. The van der Waals surface area contributed by atoms with Gasteiger partial charge in [0.05, 0.1) is 0 Å². The van der Waals surface area contributed by atoms with Crippen LogP contribution < -0.4 is 10.6 Å². The van der Waals surface area contributed by atoms with Crippen LogP contribution in [0.5, 0.6) is 0 Å². The summed E-state index contributed by atoms with van der Waals surface area (Å²) < 4.78 is 0. The molecular formula is C20H19N3O3. The second-order valence-electron chi connectivity index (χ2n) is 6.04. The number of amides is 3. The van der Waals surface area contributed by atoms with Gasteiger partial charge >= 0.3 is 0 Å². The summed E-state index contributed by atoms with van der Waals surface area (Å²) in [5.74, 6) is -0.610. The second-order valence-corrected chi connectivity index (χ2v) is 6.04. The Kier molecular flexibility index (Phi) is 4.84. The molecule has 0 radical (unpaired) electrons. The van der Waals surface area contributed by atoms with Crippen molar-refractivity contribution in [2.24, 2.45) is 0 Å². The number of fused-ring (bicyclic) bond motifs is 1. The van der Waals surface area contributed by atoms with Crippen LogP contribution in [0.15, 0.2) is 55.1 Å². The molecule has 0 atom stereocenters. The number of nitrogens with one attached hydrogen (secondary N) is 2. The highest BCUT2D eigenvalue weighted by Crippen LogP contribution is 2.30. The largest absolute Gasteiger partial charge is 0.350 e. The van der Waals surface area contributed by atoms with E-state index in [-0.39, 0.29) is 24.3 Å². The topological polar surface area (TPSA) is 78.5 Å². The van der Waals surface area contributed by atoms with E-state index < -0.39 is 0 Å². The van der Waals surface area contributed by atoms with E-state index in [1.54, 1.807) is 24.3 Å². The highest BCUT2D eigenvalue weighted by atomic mass is 16.2. The highest BCUT2D eigenvalue weighted by molar-refractivity contribution is 6.10. The molecule has 26 heavy (non-hydrogen) atoms. The summed E-state index contributed by atoms with van der Waals surface area (Å²) in [6.45, 7) is 5.63. The Morgan fingerprint density at radius 1 is 1.04 bits per heavy atom. The summed E-state index contributed by atoms with van der Waals surface area (Å²) in [7, 11) is 0. The van der Waals surface area contributed by atoms with Gasteiger partial charge in [-0.25, -0.2) is 0 Å². The molecule has 132 valence electrons. The standard InChI is InChI=1S/C20H19N3O3/c1-13-17-5-3-4-6-18(17)20(26)23(13)12-19(25)21-11-15-7-9-16(10-8-15)22-14(2)24/h3-10H,1,11-12H2,2H3,(H,21,25)(H,22,24). The van der Waals surface area contributed by atoms with Crippen LogP contribution >= 0.6 is 0 Å². The minimum absolute atomic E-state index is 0.0731. The number of anilines is 1. The molecule has 2 aromatic carbocycles. The molecule has 0 aromatic heterocycles. The van der Waals surface area contributed by atoms with Crippen molar-refractivity contribution in [1.29, 1.82) is 0 Å². The maximum Gasteiger partial charge on any atom is 0.259 e. The molecular weight excluding hydrogens is 330 g/mol. The van der Waals surface area contributed by atoms with Gasteiger partial charge in [0.15, 0.2) is 0 Å². The zero-order valence-corrected chi connectivity index (χ0v) is 14.4. The van der Waals surface area contributed by atoms with E-state index in [1.165, 1.54) is 11.8 Å². The maximum absolute atomic E-state index is 12.4. The summed E-state index contributed by atoms with van der Waals surface area (Å²) in [6.07, 6.45) is 0. The van der Waals surface area contributed by atoms with Gasteiger partial charge < -0.3 is 10.6 Å². The van der Waals surface area contributed by atoms with Gasteiger partial charge in [-0.1, -0.05) is 36.9 Å². The van der Waals surface area contributed by atoms with Crippen molar-refractivity contribution in [3.63, 3.8) is 0 Å². The van der Waals surface area contributed by atoms with Crippen LogP contribution in [0.1, 0.15) is 28.4 Å². The Morgan fingerprint density at radius 2 is 1.69 bits per heavy atom. The lowest BCUT2D eigenvalue weighted by molar-refractivity contribution is -0.121. The van der Waals surface area contributed by atoms with Gasteiger partial charge in [-0.15, -0.1) is 0 Å². The first kappa shape index (κ1) is 17.4. The molecule has 6 heteroatoms. The predicted molar refractivity (Wildman–Crippen MR) is 99.1 cm³/mol. The van der Waals surface area contributed by atoms with Gasteiger partial charge in [-0.3, -0.25) is 19.3 Å². The van der Waals surface area contributed by atoms with Crippen molar-refractivity contribution in [2.75, 3.05) is 11.9 Å². The van der Waals surface area contributed by atoms with Crippen molar-refractivity contribution < 1.29 is 14.4 Å². The molecule has 1 aliphatic rings. The molecule has 2 aromatic rings. The van der Waals surface area contributed by atoms with E-state index in [2.05, 4.69) is 17.2 Å². The third-order valence-electron chi connectivity index (χ3n) is 4.11. The van der Waals surface area contributed by atoms with Crippen LogP contribution in [-0.4, -0.2) is 29.2 Å². The van der Waals surface area contributed by atoms with Crippen molar-refractivity contribution in [3.8, 4) is 0 Å². The maximum atomic E-state index is 12.4. The van der Waals surface area contributed by atoms with Crippen LogP contribution in [0.3, 0.4) is 0 Å². The van der Waals surface area contributed by atoms with Gasteiger partial charge in [0.25, 0.3) is 5.91 Å². The molecule has 0 aliphatic carbocycles. The molecule has 0 saturated heterocycles. The number of carbonyl (C=O) groups excluding carboxylic acids is 3. The molecule has 0 unspecified atom stereocenters. The van der Waals surface area contributed by atoms with Crippen LogP contribution in [-0.2, 0) is 16.1 Å². The SMILES string of the molecule is C=C1c2ccccc2C(=O)N1CC(=O)NCc1ccc(NC(C)=O)cc1. The van der Waals surface area contributed by atoms with E-state index in [4.69, 9.17) is 0 Å².